The number of fused-ring (bicyclic) bond motifs is 1. The van der Waals surface area contributed by atoms with Crippen LogP contribution < -0.4 is 5.32 Å². The quantitative estimate of drug-likeness (QED) is 0.788. The molecule has 0 aliphatic rings. The van der Waals surface area contributed by atoms with E-state index < -0.39 is 0 Å². The Bertz CT molecular complexity index is 857. The zero-order valence-corrected chi connectivity index (χ0v) is 13.0. The third-order valence-corrected chi connectivity index (χ3v) is 3.52. The molecule has 116 valence electrons. The number of halogens is 1. The van der Waals surface area contributed by atoms with Gasteiger partial charge in [-0.2, -0.15) is 0 Å². The highest BCUT2D eigenvalue weighted by molar-refractivity contribution is 6.07. The number of aromatic nitrogens is 1. The van der Waals surface area contributed by atoms with Crippen LogP contribution in [0.1, 0.15) is 24.2 Å². The van der Waals surface area contributed by atoms with Crippen LogP contribution in [0.4, 0.5) is 4.39 Å². The van der Waals surface area contributed by atoms with Gasteiger partial charge >= 0.3 is 0 Å². The van der Waals surface area contributed by atoms with Gasteiger partial charge in [0.15, 0.2) is 0 Å². The molecule has 3 rings (SSSR count). The molecule has 4 heteroatoms. The summed E-state index contributed by atoms with van der Waals surface area (Å²) in [5.41, 5.74) is 2.74. The largest absolute Gasteiger partial charge is 0.350 e. The lowest BCUT2D eigenvalue weighted by Crippen LogP contribution is -2.30. The fourth-order valence-corrected chi connectivity index (χ4v) is 2.47. The van der Waals surface area contributed by atoms with Gasteiger partial charge in [0, 0.05) is 17.0 Å². The van der Waals surface area contributed by atoms with Gasteiger partial charge in [-0.25, -0.2) is 9.37 Å². The zero-order chi connectivity index (χ0) is 16.4. The first-order valence-electron chi connectivity index (χ1n) is 7.51. The summed E-state index contributed by atoms with van der Waals surface area (Å²) in [6.45, 7) is 3.84. The van der Waals surface area contributed by atoms with E-state index in [9.17, 15) is 9.18 Å². The number of hydrogen-bond acceptors (Lipinski definition) is 2. The van der Waals surface area contributed by atoms with Gasteiger partial charge in [-0.1, -0.05) is 18.2 Å². The highest BCUT2D eigenvalue weighted by Crippen LogP contribution is 2.25. The molecule has 0 radical (unpaired) electrons. The Hall–Kier alpha value is -2.75. The van der Waals surface area contributed by atoms with Crippen molar-refractivity contribution in [1.29, 1.82) is 0 Å². The molecule has 1 amide bonds. The van der Waals surface area contributed by atoms with Gasteiger partial charge in [0.2, 0.25) is 0 Å². The van der Waals surface area contributed by atoms with Crippen molar-refractivity contribution in [3.8, 4) is 11.3 Å². The SMILES string of the molecule is CC(C)NC(=O)c1cc(-c2ccc(F)cc2)nc2ccccc12. The van der Waals surface area contributed by atoms with E-state index in [0.29, 0.717) is 11.3 Å². The Morgan fingerprint density at radius 1 is 1.09 bits per heavy atom. The lowest BCUT2D eigenvalue weighted by atomic mass is 10.0. The number of nitrogens with zero attached hydrogens (tertiary/aromatic N) is 1. The number of benzene rings is 2. The van der Waals surface area contributed by atoms with Crippen LogP contribution >= 0.6 is 0 Å². The molecule has 1 aromatic heterocycles. The zero-order valence-electron chi connectivity index (χ0n) is 13.0. The van der Waals surface area contributed by atoms with E-state index in [0.717, 1.165) is 16.5 Å². The summed E-state index contributed by atoms with van der Waals surface area (Å²) in [4.78, 5) is 17.1. The number of nitrogens with one attached hydrogen (secondary N) is 1. The topological polar surface area (TPSA) is 42.0 Å². The number of carbonyl (C=O) groups excluding carboxylic acids is 1. The first-order chi connectivity index (χ1) is 11.0. The molecule has 2 aromatic carbocycles. The van der Waals surface area contributed by atoms with Gasteiger partial charge in [-0.3, -0.25) is 4.79 Å². The summed E-state index contributed by atoms with van der Waals surface area (Å²) in [6, 6.07) is 15.4. The molecule has 3 aromatic rings. The summed E-state index contributed by atoms with van der Waals surface area (Å²) < 4.78 is 13.1. The van der Waals surface area contributed by atoms with Gasteiger partial charge in [0.05, 0.1) is 16.8 Å². The molecule has 0 bridgehead atoms. The van der Waals surface area contributed by atoms with Crippen molar-refractivity contribution in [2.45, 2.75) is 19.9 Å². The summed E-state index contributed by atoms with van der Waals surface area (Å²) in [5.74, 6) is -0.436. The van der Waals surface area contributed by atoms with E-state index >= 15 is 0 Å². The molecule has 1 N–H and O–H groups in total. The Morgan fingerprint density at radius 2 is 1.78 bits per heavy atom. The highest BCUT2D eigenvalue weighted by Gasteiger charge is 2.14. The van der Waals surface area contributed by atoms with Crippen molar-refractivity contribution in [3.63, 3.8) is 0 Å². The number of pyridine rings is 1. The van der Waals surface area contributed by atoms with Crippen LogP contribution in [0.25, 0.3) is 22.2 Å². The summed E-state index contributed by atoms with van der Waals surface area (Å²) in [5, 5.41) is 3.71. The minimum atomic E-state index is -0.299. The van der Waals surface area contributed by atoms with Crippen molar-refractivity contribution in [2.75, 3.05) is 0 Å². The van der Waals surface area contributed by atoms with E-state index in [1.54, 1.807) is 18.2 Å². The van der Waals surface area contributed by atoms with Gasteiger partial charge in [-0.15, -0.1) is 0 Å². The van der Waals surface area contributed by atoms with Crippen LogP contribution in [0.2, 0.25) is 0 Å². The predicted molar refractivity (Wildman–Crippen MR) is 89.7 cm³/mol. The second-order valence-corrected chi connectivity index (χ2v) is 5.71. The van der Waals surface area contributed by atoms with Gasteiger partial charge in [-0.05, 0) is 50.2 Å². The summed E-state index contributed by atoms with van der Waals surface area (Å²) in [7, 11) is 0. The number of amides is 1. The maximum atomic E-state index is 13.1. The van der Waals surface area contributed by atoms with Crippen molar-refractivity contribution in [3.05, 3.63) is 66.0 Å². The number of para-hydroxylation sites is 1. The van der Waals surface area contributed by atoms with Crippen molar-refractivity contribution >= 4 is 16.8 Å². The van der Waals surface area contributed by atoms with E-state index in [1.807, 2.05) is 38.1 Å². The first-order valence-corrected chi connectivity index (χ1v) is 7.51. The third-order valence-electron chi connectivity index (χ3n) is 3.52. The molecule has 1 heterocycles. The minimum Gasteiger partial charge on any atom is -0.350 e. The summed E-state index contributed by atoms with van der Waals surface area (Å²) in [6.07, 6.45) is 0. The normalized spacial score (nSPS) is 11.0. The number of carbonyl (C=O) groups is 1. The van der Waals surface area contributed by atoms with E-state index in [-0.39, 0.29) is 17.8 Å². The third kappa shape index (κ3) is 3.21. The number of hydrogen-bond donors (Lipinski definition) is 1. The monoisotopic (exact) mass is 308 g/mol. The molecular weight excluding hydrogens is 291 g/mol. The molecule has 0 fully saturated rings. The Morgan fingerprint density at radius 3 is 2.48 bits per heavy atom. The van der Waals surface area contributed by atoms with Crippen LogP contribution in [0.5, 0.6) is 0 Å². The number of rotatable bonds is 3. The van der Waals surface area contributed by atoms with Gasteiger partial charge < -0.3 is 5.32 Å². The lowest BCUT2D eigenvalue weighted by Gasteiger charge is -2.12. The average molecular weight is 308 g/mol. The van der Waals surface area contributed by atoms with Crippen LogP contribution in [-0.4, -0.2) is 16.9 Å². The van der Waals surface area contributed by atoms with E-state index in [4.69, 9.17) is 0 Å². The smallest absolute Gasteiger partial charge is 0.252 e. The van der Waals surface area contributed by atoms with Crippen LogP contribution in [0.15, 0.2) is 54.6 Å². The van der Waals surface area contributed by atoms with E-state index in [1.165, 1.54) is 12.1 Å². The molecule has 3 nitrogen and oxygen atoms in total. The molecule has 0 unspecified atom stereocenters. The van der Waals surface area contributed by atoms with Crippen molar-refractivity contribution < 1.29 is 9.18 Å². The maximum absolute atomic E-state index is 13.1. The standard InChI is InChI=1S/C19H17FN2O/c1-12(2)21-19(23)16-11-18(13-7-9-14(20)10-8-13)22-17-6-4-3-5-15(16)17/h3-12H,1-2H3,(H,21,23). The van der Waals surface area contributed by atoms with Gasteiger partial charge in [0.25, 0.3) is 5.91 Å². The molecule has 0 saturated heterocycles. The van der Waals surface area contributed by atoms with Crippen LogP contribution in [0.3, 0.4) is 0 Å². The minimum absolute atomic E-state index is 0.0451. The Labute approximate surface area is 134 Å². The molecule has 0 saturated carbocycles. The Kier molecular flexibility index (Phi) is 4.06. The molecular formula is C19H17FN2O. The second-order valence-electron chi connectivity index (χ2n) is 5.71. The fraction of sp³-hybridized carbons (Fsp3) is 0.158. The van der Waals surface area contributed by atoms with Crippen LogP contribution in [-0.2, 0) is 0 Å². The molecule has 0 atom stereocenters. The van der Waals surface area contributed by atoms with Crippen LogP contribution in [0, 0.1) is 5.82 Å². The van der Waals surface area contributed by atoms with Crippen molar-refractivity contribution in [1.82, 2.24) is 10.3 Å². The fourth-order valence-electron chi connectivity index (χ4n) is 2.47. The van der Waals surface area contributed by atoms with E-state index in [2.05, 4.69) is 10.3 Å². The second kappa shape index (κ2) is 6.16. The molecule has 0 aliphatic carbocycles. The molecule has 0 spiro atoms. The first kappa shape index (κ1) is 15.2. The molecule has 23 heavy (non-hydrogen) atoms. The Balaban J connectivity index is 2.17. The molecule has 0 aliphatic heterocycles. The van der Waals surface area contributed by atoms with Crippen molar-refractivity contribution in [2.24, 2.45) is 0 Å². The van der Waals surface area contributed by atoms with Gasteiger partial charge in [0.1, 0.15) is 5.82 Å². The summed E-state index contributed by atoms with van der Waals surface area (Å²) >= 11 is 0. The average Bonchev–Trinajstić information content (AvgIpc) is 2.54. The highest BCUT2D eigenvalue weighted by atomic mass is 19.1. The maximum Gasteiger partial charge on any atom is 0.252 e. The predicted octanol–water partition coefficient (Wildman–Crippen LogP) is 4.18. The lowest BCUT2D eigenvalue weighted by molar-refractivity contribution is 0.0945.